The minimum absolute atomic E-state index is 0.0690. The van der Waals surface area contributed by atoms with Gasteiger partial charge >= 0.3 is 0 Å². The zero-order chi connectivity index (χ0) is 13.9. The first-order valence-electron chi connectivity index (χ1n) is 8.01. The molecule has 4 atom stereocenters. The molecule has 3 nitrogen and oxygen atoms in total. The standard InChI is InChI=1S/C15H29NO2S/c1-3-16-14-9-4-5-10-15(14)19(17,18)13-8-6-7-12(2)11-13/h12-16H,3-11H2,1-2H3. The molecule has 2 saturated carbocycles. The molecule has 4 unspecified atom stereocenters. The number of hydrogen-bond donors (Lipinski definition) is 1. The molecule has 4 heteroatoms. The average molecular weight is 287 g/mol. The van der Waals surface area contributed by atoms with Crippen LogP contribution >= 0.6 is 0 Å². The largest absolute Gasteiger partial charge is 0.313 e. The number of rotatable bonds is 4. The molecule has 0 spiro atoms. The lowest BCUT2D eigenvalue weighted by Crippen LogP contribution is -2.49. The Morgan fingerprint density at radius 1 is 1.05 bits per heavy atom. The molecule has 0 aromatic carbocycles. The third kappa shape index (κ3) is 3.52. The minimum atomic E-state index is -2.95. The SMILES string of the molecule is CCNC1CCCCC1S(=O)(=O)C1CCCC(C)C1. The Hall–Kier alpha value is -0.0900. The lowest BCUT2D eigenvalue weighted by molar-refractivity contribution is 0.353. The van der Waals surface area contributed by atoms with Crippen LogP contribution in [0.25, 0.3) is 0 Å². The summed E-state index contributed by atoms with van der Waals surface area (Å²) in [6.07, 6.45) is 8.21. The first-order valence-corrected chi connectivity index (χ1v) is 9.62. The monoisotopic (exact) mass is 287 g/mol. The van der Waals surface area contributed by atoms with E-state index >= 15 is 0 Å². The van der Waals surface area contributed by atoms with E-state index < -0.39 is 9.84 Å². The highest BCUT2D eigenvalue weighted by atomic mass is 32.2. The van der Waals surface area contributed by atoms with E-state index in [-0.39, 0.29) is 16.5 Å². The van der Waals surface area contributed by atoms with Gasteiger partial charge in [0.2, 0.25) is 0 Å². The van der Waals surface area contributed by atoms with Crippen molar-refractivity contribution in [1.82, 2.24) is 5.32 Å². The van der Waals surface area contributed by atoms with Gasteiger partial charge in [-0.05, 0) is 38.1 Å². The Bertz CT molecular complexity index is 378. The van der Waals surface area contributed by atoms with Gasteiger partial charge in [-0.2, -0.15) is 0 Å². The van der Waals surface area contributed by atoms with Crippen LogP contribution in [0.5, 0.6) is 0 Å². The maximum absolute atomic E-state index is 12.9. The number of hydrogen-bond acceptors (Lipinski definition) is 3. The molecule has 0 saturated heterocycles. The molecular weight excluding hydrogens is 258 g/mol. The van der Waals surface area contributed by atoms with Crippen LogP contribution in [-0.4, -0.2) is 31.5 Å². The molecule has 1 N–H and O–H groups in total. The predicted octanol–water partition coefficient (Wildman–Crippen LogP) is 2.90. The zero-order valence-corrected chi connectivity index (χ0v) is 13.2. The van der Waals surface area contributed by atoms with E-state index in [0.717, 1.165) is 45.1 Å². The Morgan fingerprint density at radius 2 is 1.79 bits per heavy atom. The van der Waals surface area contributed by atoms with Gasteiger partial charge in [-0.15, -0.1) is 0 Å². The number of sulfone groups is 1. The van der Waals surface area contributed by atoms with Crippen LogP contribution in [0.4, 0.5) is 0 Å². The van der Waals surface area contributed by atoms with Crippen molar-refractivity contribution in [2.24, 2.45) is 5.92 Å². The second kappa shape index (κ2) is 6.57. The van der Waals surface area contributed by atoms with Crippen LogP contribution in [-0.2, 0) is 9.84 Å². The van der Waals surface area contributed by atoms with Crippen molar-refractivity contribution in [3.8, 4) is 0 Å². The molecular formula is C15H29NO2S. The Labute approximate surface area is 118 Å². The van der Waals surface area contributed by atoms with Gasteiger partial charge in [0.25, 0.3) is 0 Å². The summed E-state index contributed by atoms with van der Waals surface area (Å²) in [6.45, 7) is 5.14. The second-order valence-corrected chi connectivity index (χ2v) is 8.92. The fourth-order valence-corrected chi connectivity index (χ4v) is 6.68. The maximum Gasteiger partial charge on any atom is 0.157 e. The van der Waals surface area contributed by atoms with Crippen molar-refractivity contribution < 1.29 is 8.42 Å². The highest BCUT2D eigenvalue weighted by Gasteiger charge is 2.41. The fourth-order valence-electron chi connectivity index (χ4n) is 3.91. The molecule has 0 bridgehead atoms. The van der Waals surface area contributed by atoms with E-state index in [4.69, 9.17) is 0 Å². The van der Waals surface area contributed by atoms with E-state index in [9.17, 15) is 8.42 Å². The summed E-state index contributed by atoms with van der Waals surface area (Å²) in [6, 6.07) is 0.195. The first-order chi connectivity index (χ1) is 9.05. The van der Waals surface area contributed by atoms with E-state index in [0.29, 0.717) is 5.92 Å². The molecule has 0 amide bonds. The normalized spacial score (nSPS) is 37.2. The Kier molecular flexibility index (Phi) is 5.29. The van der Waals surface area contributed by atoms with Crippen LogP contribution in [0.15, 0.2) is 0 Å². The third-order valence-electron chi connectivity index (χ3n) is 4.94. The maximum atomic E-state index is 12.9. The quantitative estimate of drug-likeness (QED) is 0.865. The summed E-state index contributed by atoms with van der Waals surface area (Å²) in [7, 11) is -2.95. The molecule has 2 aliphatic rings. The highest BCUT2D eigenvalue weighted by molar-refractivity contribution is 7.92. The topological polar surface area (TPSA) is 46.2 Å². The molecule has 19 heavy (non-hydrogen) atoms. The summed E-state index contributed by atoms with van der Waals surface area (Å²) >= 11 is 0. The first kappa shape index (κ1) is 15.3. The van der Waals surface area contributed by atoms with Crippen molar-refractivity contribution in [3.05, 3.63) is 0 Å². The Morgan fingerprint density at radius 3 is 2.47 bits per heavy atom. The van der Waals surface area contributed by atoms with Crippen LogP contribution in [0, 0.1) is 5.92 Å². The molecule has 112 valence electrons. The third-order valence-corrected chi connectivity index (χ3v) is 7.71. The minimum Gasteiger partial charge on any atom is -0.313 e. The van der Waals surface area contributed by atoms with Crippen LogP contribution in [0.2, 0.25) is 0 Å². The van der Waals surface area contributed by atoms with E-state index in [1.165, 1.54) is 12.8 Å². The second-order valence-electron chi connectivity index (χ2n) is 6.47. The summed E-state index contributed by atoms with van der Waals surface area (Å²) in [5.74, 6) is 0.578. The molecule has 0 aliphatic heterocycles. The summed E-state index contributed by atoms with van der Waals surface area (Å²) < 4.78 is 25.9. The highest BCUT2D eigenvalue weighted by Crippen LogP contribution is 2.34. The van der Waals surface area contributed by atoms with E-state index in [2.05, 4.69) is 19.2 Å². The molecule has 0 heterocycles. The van der Waals surface area contributed by atoms with Gasteiger partial charge in [0.1, 0.15) is 0 Å². The molecule has 2 aliphatic carbocycles. The lowest BCUT2D eigenvalue weighted by Gasteiger charge is -2.36. The van der Waals surface area contributed by atoms with Crippen LogP contribution < -0.4 is 5.32 Å². The summed E-state index contributed by atoms with van der Waals surface area (Å²) in [4.78, 5) is 0. The van der Waals surface area contributed by atoms with Gasteiger partial charge in [-0.25, -0.2) is 8.42 Å². The molecule has 2 rings (SSSR count). The predicted molar refractivity (Wildman–Crippen MR) is 80.1 cm³/mol. The van der Waals surface area contributed by atoms with Crippen molar-refractivity contribution in [1.29, 1.82) is 0 Å². The summed E-state index contributed by atoms with van der Waals surface area (Å²) in [5, 5.41) is 3.21. The van der Waals surface area contributed by atoms with Gasteiger partial charge in [-0.1, -0.05) is 39.5 Å². The van der Waals surface area contributed by atoms with Gasteiger partial charge in [0.05, 0.1) is 10.5 Å². The smallest absolute Gasteiger partial charge is 0.157 e. The van der Waals surface area contributed by atoms with Gasteiger partial charge in [0.15, 0.2) is 9.84 Å². The van der Waals surface area contributed by atoms with Crippen molar-refractivity contribution in [2.45, 2.75) is 81.8 Å². The van der Waals surface area contributed by atoms with Crippen molar-refractivity contribution in [3.63, 3.8) is 0 Å². The molecule has 0 aromatic heterocycles. The van der Waals surface area contributed by atoms with Crippen LogP contribution in [0.3, 0.4) is 0 Å². The van der Waals surface area contributed by atoms with Gasteiger partial charge in [-0.3, -0.25) is 0 Å². The molecule has 2 fully saturated rings. The van der Waals surface area contributed by atoms with Crippen LogP contribution in [0.1, 0.15) is 65.2 Å². The van der Waals surface area contributed by atoms with E-state index in [1.807, 2.05) is 0 Å². The average Bonchev–Trinajstić information content (AvgIpc) is 2.39. The summed E-state index contributed by atoms with van der Waals surface area (Å²) in [5.41, 5.74) is 0. The Balaban J connectivity index is 2.11. The van der Waals surface area contributed by atoms with E-state index in [1.54, 1.807) is 0 Å². The molecule has 0 radical (unpaired) electrons. The fraction of sp³-hybridized carbons (Fsp3) is 1.00. The lowest BCUT2D eigenvalue weighted by atomic mass is 9.90. The van der Waals surface area contributed by atoms with Crippen molar-refractivity contribution >= 4 is 9.84 Å². The van der Waals surface area contributed by atoms with Gasteiger partial charge in [0, 0.05) is 6.04 Å². The van der Waals surface area contributed by atoms with Gasteiger partial charge < -0.3 is 5.32 Å². The van der Waals surface area contributed by atoms with Crippen molar-refractivity contribution in [2.75, 3.05) is 6.54 Å². The molecule has 0 aromatic rings. The number of nitrogens with one attached hydrogen (secondary N) is 1. The zero-order valence-electron chi connectivity index (χ0n) is 12.4.